The smallest absolute Gasteiger partial charge is 0.331 e. The summed E-state index contributed by atoms with van der Waals surface area (Å²) < 4.78 is 5.89. The summed E-state index contributed by atoms with van der Waals surface area (Å²) in [5, 5.41) is 6.89. The standard InChI is InChI=1S/C27H25N5O3S/c1-31-15-5-6-17(16-31)29-25(33)24-23-22-21(13-14-28-26(22)36-24)32(27(34)30-23)18-9-11-20(12-10-18)35-19-7-3-2-4-8-19/h2-4,7-14,17H,5-6,15-16H2,1H3,(H,29,33)(H,30,34)/t17-/m1/s1. The van der Waals surface area contributed by atoms with Gasteiger partial charge in [0.2, 0.25) is 0 Å². The van der Waals surface area contributed by atoms with E-state index in [-0.39, 0.29) is 18.0 Å². The van der Waals surface area contributed by atoms with Gasteiger partial charge in [-0.15, -0.1) is 11.3 Å². The molecule has 0 saturated carbocycles. The third-order valence-electron chi connectivity index (χ3n) is 6.49. The van der Waals surface area contributed by atoms with E-state index < -0.39 is 0 Å². The molecule has 2 aromatic carbocycles. The molecule has 1 saturated heterocycles. The highest BCUT2D eigenvalue weighted by atomic mass is 32.1. The van der Waals surface area contributed by atoms with Crippen LogP contribution in [0.15, 0.2) is 66.9 Å². The van der Waals surface area contributed by atoms with Crippen LogP contribution in [0.3, 0.4) is 0 Å². The minimum atomic E-state index is -0.323. The topological polar surface area (TPSA) is 86.8 Å². The highest BCUT2D eigenvalue weighted by molar-refractivity contribution is 7.21. The summed E-state index contributed by atoms with van der Waals surface area (Å²) in [6.45, 7) is 1.86. The van der Waals surface area contributed by atoms with Gasteiger partial charge in [-0.25, -0.2) is 9.78 Å². The number of carbonyl (C=O) groups is 2. The SMILES string of the molecule is CN1CCC[C@@H](NC(=O)c2sc3nccc4c3c2NC(=O)N4c2ccc(Oc3ccccc3)cc2)C1. The van der Waals surface area contributed by atoms with Gasteiger partial charge in [-0.05, 0) is 68.9 Å². The zero-order valence-electron chi connectivity index (χ0n) is 19.7. The zero-order valence-corrected chi connectivity index (χ0v) is 20.5. The molecular weight excluding hydrogens is 474 g/mol. The van der Waals surface area contributed by atoms with Crippen LogP contribution in [0.25, 0.3) is 10.2 Å². The number of rotatable bonds is 5. The van der Waals surface area contributed by atoms with Crippen molar-refractivity contribution in [3.63, 3.8) is 0 Å². The predicted octanol–water partition coefficient (Wildman–Crippen LogP) is 5.60. The number of carbonyl (C=O) groups excluding carboxylic acids is 2. The lowest BCUT2D eigenvalue weighted by Gasteiger charge is -2.30. The number of aromatic nitrogens is 1. The monoisotopic (exact) mass is 499 g/mol. The van der Waals surface area contributed by atoms with Gasteiger partial charge in [0.1, 0.15) is 21.2 Å². The molecule has 0 aliphatic carbocycles. The number of thiophene rings is 1. The van der Waals surface area contributed by atoms with Gasteiger partial charge in [0.25, 0.3) is 5.91 Å². The summed E-state index contributed by atoms with van der Waals surface area (Å²) >= 11 is 1.30. The Balaban J connectivity index is 1.30. The van der Waals surface area contributed by atoms with Crippen LogP contribution in [-0.2, 0) is 0 Å². The Morgan fingerprint density at radius 1 is 1.11 bits per heavy atom. The number of nitrogens with one attached hydrogen (secondary N) is 2. The molecule has 4 heterocycles. The second-order valence-electron chi connectivity index (χ2n) is 9.07. The molecule has 2 aliphatic rings. The number of amides is 3. The number of hydrogen-bond acceptors (Lipinski definition) is 6. The molecule has 9 heteroatoms. The first-order valence-corrected chi connectivity index (χ1v) is 12.7. The molecule has 8 nitrogen and oxygen atoms in total. The molecule has 36 heavy (non-hydrogen) atoms. The molecule has 2 aliphatic heterocycles. The van der Waals surface area contributed by atoms with Gasteiger partial charge in [0, 0.05) is 18.8 Å². The molecule has 1 atom stereocenters. The first-order valence-electron chi connectivity index (χ1n) is 11.9. The fraction of sp³-hybridized carbons (Fsp3) is 0.222. The van der Waals surface area contributed by atoms with Crippen LogP contribution in [0.2, 0.25) is 0 Å². The predicted molar refractivity (Wildman–Crippen MR) is 142 cm³/mol. The summed E-state index contributed by atoms with van der Waals surface area (Å²) in [7, 11) is 2.06. The highest BCUT2D eigenvalue weighted by Gasteiger charge is 2.33. The van der Waals surface area contributed by atoms with E-state index in [1.807, 2.05) is 60.7 Å². The number of likely N-dealkylation sites (N-methyl/N-ethyl adjacent to an activating group) is 1. The van der Waals surface area contributed by atoms with Crippen molar-refractivity contribution < 1.29 is 14.3 Å². The Morgan fingerprint density at radius 3 is 2.67 bits per heavy atom. The lowest BCUT2D eigenvalue weighted by atomic mass is 10.1. The Kier molecular flexibility index (Phi) is 5.79. The molecule has 2 N–H and O–H groups in total. The van der Waals surface area contributed by atoms with E-state index >= 15 is 0 Å². The number of hydrogen-bond donors (Lipinski definition) is 2. The summed E-state index contributed by atoms with van der Waals surface area (Å²) in [5.74, 6) is 1.24. The largest absolute Gasteiger partial charge is 0.457 e. The summed E-state index contributed by atoms with van der Waals surface area (Å²) in [4.78, 5) is 36.0. The minimum Gasteiger partial charge on any atom is -0.457 e. The van der Waals surface area contributed by atoms with Crippen molar-refractivity contribution in [1.29, 1.82) is 0 Å². The summed E-state index contributed by atoms with van der Waals surface area (Å²) in [6, 6.07) is 18.5. The highest BCUT2D eigenvalue weighted by Crippen LogP contribution is 2.45. The van der Waals surface area contributed by atoms with Gasteiger partial charge in [-0.3, -0.25) is 9.69 Å². The molecule has 0 spiro atoms. The van der Waals surface area contributed by atoms with Crippen LogP contribution in [0, 0.1) is 0 Å². The van der Waals surface area contributed by atoms with Crippen molar-refractivity contribution in [3.8, 4) is 11.5 Å². The lowest BCUT2D eigenvalue weighted by Crippen LogP contribution is -2.46. The fourth-order valence-corrected chi connectivity index (χ4v) is 5.85. The van der Waals surface area contributed by atoms with Gasteiger partial charge < -0.3 is 20.3 Å². The molecule has 182 valence electrons. The van der Waals surface area contributed by atoms with Gasteiger partial charge in [-0.1, -0.05) is 18.2 Å². The molecule has 0 unspecified atom stereocenters. The maximum atomic E-state index is 13.3. The van der Waals surface area contributed by atoms with E-state index in [0.717, 1.165) is 37.1 Å². The third-order valence-corrected chi connectivity index (χ3v) is 7.58. The van der Waals surface area contributed by atoms with Crippen LogP contribution in [-0.4, -0.2) is 48.0 Å². The van der Waals surface area contributed by atoms with Crippen LogP contribution >= 0.6 is 11.3 Å². The maximum Gasteiger partial charge on any atom is 0.331 e. The third kappa shape index (κ3) is 4.16. The van der Waals surface area contributed by atoms with Crippen molar-refractivity contribution in [2.45, 2.75) is 18.9 Å². The van der Waals surface area contributed by atoms with Gasteiger partial charge in [0.05, 0.1) is 22.4 Å². The molecule has 2 aromatic heterocycles. The van der Waals surface area contributed by atoms with Crippen molar-refractivity contribution in [3.05, 3.63) is 71.7 Å². The number of para-hydroxylation sites is 1. The van der Waals surface area contributed by atoms with Crippen LogP contribution in [0.5, 0.6) is 11.5 Å². The number of anilines is 3. The maximum absolute atomic E-state index is 13.3. The molecule has 4 aromatic rings. The van der Waals surface area contributed by atoms with Crippen molar-refractivity contribution in [2.75, 3.05) is 30.4 Å². The number of urea groups is 1. The van der Waals surface area contributed by atoms with Crippen molar-refractivity contribution in [2.24, 2.45) is 0 Å². The van der Waals surface area contributed by atoms with Crippen molar-refractivity contribution in [1.82, 2.24) is 15.2 Å². The second-order valence-corrected chi connectivity index (χ2v) is 10.1. The van der Waals surface area contributed by atoms with Gasteiger partial charge >= 0.3 is 6.03 Å². The van der Waals surface area contributed by atoms with E-state index in [1.165, 1.54) is 11.3 Å². The first-order chi connectivity index (χ1) is 17.6. The first kappa shape index (κ1) is 22.5. The van der Waals surface area contributed by atoms with E-state index in [1.54, 1.807) is 11.1 Å². The Morgan fingerprint density at radius 2 is 1.89 bits per heavy atom. The van der Waals surface area contributed by atoms with E-state index in [0.29, 0.717) is 32.5 Å². The van der Waals surface area contributed by atoms with E-state index in [2.05, 4.69) is 27.6 Å². The van der Waals surface area contributed by atoms with Crippen LogP contribution in [0.4, 0.5) is 21.9 Å². The Hall–Kier alpha value is -3.95. The molecular formula is C27H25N5O3S. The molecule has 3 amide bonds. The van der Waals surface area contributed by atoms with Crippen LogP contribution < -0.4 is 20.3 Å². The quantitative estimate of drug-likeness (QED) is 0.374. The summed E-state index contributed by atoms with van der Waals surface area (Å²) in [6.07, 6.45) is 3.67. The summed E-state index contributed by atoms with van der Waals surface area (Å²) in [5.41, 5.74) is 1.92. The van der Waals surface area contributed by atoms with Crippen LogP contribution in [0.1, 0.15) is 22.5 Å². The average Bonchev–Trinajstić information content (AvgIpc) is 3.25. The van der Waals surface area contributed by atoms with E-state index in [9.17, 15) is 9.59 Å². The average molecular weight is 500 g/mol. The molecule has 0 bridgehead atoms. The number of benzene rings is 2. The van der Waals surface area contributed by atoms with Crippen molar-refractivity contribution >= 4 is 50.6 Å². The van der Waals surface area contributed by atoms with Gasteiger partial charge in [0.15, 0.2) is 0 Å². The fourth-order valence-electron chi connectivity index (χ4n) is 4.82. The molecule has 0 radical (unpaired) electrons. The minimum absolute atomic E-state index is 0.0912. The van der Waals surface area contributed by atoms with E-state index in [4.69, 9.17) is 4.74 Å². The number of nitrogens with zero attached hydrogens (tertiary/aromatic N) is 3. The molecule has 6 rings (SSSR count). The Bertz CT molecular complexity index is 1440. The Labute approximate surface area is 212 Å². The lowest BCUT2D eigenvalue weighted by molar-refractivity contribution is 0.0917. The van der Waals surface area contributed by atoms with Gasteiger partial charge in [-0.2, -0.15) is 0 Å². The zero-order chi connectivity index (χ0) is 24.6. The normalized spacial score (nSPS) is 17.6. The number of pyridine rings is 1. The number of piperidine rings is 1. The number of ether oxygens (including phenoxy) is 1. The second kappa shape index (κ2) is 9.25. The molecule has 1 fully saturated rings. The number of likely N-dealkylation sites (tertiary alicyclic amines) is 1.